The average Bonchev–Trinajstić information content (AvgIpc) is 2.62. The molecule has 0 unspecified atom stereocenters. The molecule has 0 spiro atoms. The van der Waals surface area contributed by atoms with Crippen molar-refractivity contribution in [2.75, 3.05) is 37.7 Å². The normalized spacial score (nSPS) is 14.6. The number of hydrogen-bond donors (Lipinski definition) is 0. The Kier molecular flexibility index (Phi) is 5.37. The quantitative estimate of drug-likeness (QED) is 0.831. The van der Waals surface area contributed by atoms with E-state index in [1.54, 1.807) is 29.3 Å². The van der Waals surface area contributed by atoms with Gasteiger partial charge in [0.25, 0.3) is 5.91 Å². The molecule has 0 bridgehead atoms. The fourth-order valence-corrected chi connectivity index (χ4v) is 2.93. The van der Waals surface area contributed by atoms with E-state index in [1.807, 2.05) is 12.1 Å². The van der Waals surface area contributed by atoms with Crippen molar-refractivity contribution >= 4 is 34.9 Å². The van der Waals surface area contributed by atoms with Crippen LogP contribution in [0.3, 0.4) is 0 Å². The molecule has 8 heteroatoms. The summed E-state index contributed by atoms with van der Waals surface area (Å²) in [6.07, 6.45) is 1.64. The van der Waals surface area contributed by atoms with Gasteiger partial charge in [0.1, 0.15) is 5.75 Å². The third kappa shape index (κ3) is 4.07. The zero-order valence-electron chi connectivity index (χ0n) is 12.9. The number of halogens is 2. The van der Waals surface area contributed by atoms with Crippen LogP contribution in [0.5, 0.6) is 5.75 Å². The maximum atomic E-state index is 12.3. The van der Waals surface area contributed by atoms with Crippen molar-refractivity contribution < 1.29 is 9.53 Å². The molecule has 24 heavy (non-hydrogen) atoms. The van der Waals surface area contributed by atoms with Crippen LogP contribution in [0.2, 0.25) is 10.0 Å². The molecule has 1 fully saturated rings. The number of carbonyl (C=O) groups is 1. The summed E-state index contributed by atoms with van der Waals surface area (Å²) in [5.74, 6) is 1.21. The first-order chi connectivity index (χ1) is 11.6. The fourth-order valence-electron chi connectivity index (χ4n) is 2.47. The summed E-state index contributed by atoms with van der Waals surface area (Å²) in [7, 11) is 0. The number of carbonyl (C=O) groups excluding carboxylic acids is 1. The molecule has 0 aliphatic carbocycles. The smallest absolute Gasteiger partial charge is 0.260 e. The predicted octanol–water partition coefficient (Wildman–Crippen LogP) is 2.51. The van der Waals surface area contributed by atoms with Gasteiger partial charge in [-0.25, -0.2) is 0 Å². The summed E-state index contributed by atoms with van der Waals surface area (Å²) >= 11 is 11.9. The van der Waals surface area contributed by atoms with Gasteiger partial charge in [-0.05, 0) is 30.3 Å². The average molecular weight is 367 g/mol. The number of hydrogen-bond acceptors (Lipinski definition) is 5. The van der Waals surface area contributed by atoms with E-state index in [4.69, 9.17) is 27.9 Å². The molecular weight excluding hydrogens is 351 g/mol. The Bertz CT molecular complexity index is 706. The van der Waals surface area contributed by atoms with Gasteiger partial charge < -0.3 is 14.5 Å². The van der Waals surface area contributed by atoms with Crippen molar-refractivity contribution in [1.29, 1.82) is 0 Å². The number of rotatable bonds is 4. The maximum Gasteiger partial charge on any atom is 0.260 e. The number of aromatic nitrogens is 2. The van der Waals surface area contributed by atoms with Gasteiger partial charge in [-0.1, -0.05) is 23.2 Å². The van der Waals surface area contributed by atoms with Crippen molar-refractivity contribution in [3.05, 3.63) is 46.6 Å². The maximum absolute atomic E-state index is 12.3. The van der Waals surface area contributed by atoms with Gasteiger partial charge in [0.2, 0.25) is 0 Å². The van der Waals surface area contributed by atoms with Crippen LogP contribution in [-0.2, 0) is 4.79 Å². The summed E-state index contributed by atoms with van der Waals surface area (Å²) in [4.78, 5) is 16.2. The van der Waals surface area contributed by atoms with Crippen molar-refractivity contribution in [2.45, 2.75) is 0 Å². The summed E-state index contributed by atoms with van der Waals surface area (Å²) in [6.45, 7) is 2.62. The number of nitrogens with zero attached hydrogens (tertiary/aromatic N) is 4. The van der Waals surface area contributed by atoms with E-state index in [0.717, 1.165) is 5.82 Å². The van der Waals surface area contributed by atoms with Crippen LogP contribution in [0.15, 0.2) is 36.5 Å². The molecule has 0 atom stereocenters. The molecule has 0 radical (unpaired) electrons. The molecule has 1 amide bonds. The molecule has 1 saturated heterocycles. The molecule has 0 N–H and O–H groups in total. The van der Waals surface area contributed by atoms with Crippen LogP contribution < -0.4 is 9.64 Å². The largest absolute Gasteiger partial charge is 0.482 e. The second-order valence-electron chi connectivity index (χ2n) is 5.31. The topological polar surface area (TPSA) is 58.6 Å². The van der Waals surface area contributed by atoms with E-state index >= 15 is 0 Å². The highest BCUT2D eigenvalue weighted by molar-refractivity contribution is 6.35. The Morgan fingerprint density at radius 2 is 1.96 bits per heavy atom. The van der Waals surface area contributed by atoms with E-state index in [2.05, 4.69) is 15.1 Å². The Labute approximate surface area is 149 Å². The van der Waals surface area contributed by atoms with E-state index in [0.29, 0.717) is 42.0 Å². The molecule has 2 aromatic rings. The van der Waals surface area contributed by atoms with Crippen molar-refractivity contribution in [2.24, 2.45) is 0 Å². The van der Waals surface area contributed by atoms with E-state index in [1.165, 1.54) is 0 Å². The minimum absolute atomic E-state index is 0.0491. The lowest BCUT2D eigenvalue weighted by Gasteiger charge is -2.35. The van der Waals surface area contributed by atoms with E-state index < -0.39 is 0 Å². The molecule has 126 valence electrons. The first-order valence-corrected chi connectivity index (χ1v) is 8.27. The van der Waals surface area contributed by atoms with Gasteiger partial charge >= 0.3 is 0 Å². The monoisotopic (exact) mass is 366 g/mol. The minimum Gasteiger partial charge on any atom is -0.482 e. The van der Waals surface area contributed by atoms with Gasteiger partial charge in [0.05, 0.1) is 5.02 Å². The third-order valence-electron chi connectivity index (χ3n) is 3.76. The molecule has 1 aromatic carbocycles. The fraction of sp³-hybridized carbons (Fsp3) is 0.312. The second kappa shape index (κ2) is 7.68. The van der Waals surface area contributed by atoms with Gasteiger partial charge in [-0.15, -0.1) is 5.10 Å². The van der Waals surface area contributed by atoms with Crippen LogP contribution in [0.4, 0.5) is 5.82 Å². The summed E-state index contributed by atoms with van der Waals surface area (Å²) < 4.78 is 5.50. The molecule has 2 heterocycles. The highest BCUT2D eigenvalue weighted by Crippen LogP contribution is 2.27. The van der Waals surface area contributed by atoms with Crippen molar-refractivity contribution in [3.8, 4) is 5.75 Å². The first-order valence-electron chi connectivity index (χ1n) is 7.52. The Morgan fingerprint density at radius 3 is 2.62 bits per heavy atom. The van der Waals surface area contributed by atoms with Gasteiger partial charge in [0, 0.05) is 37.4 Å². The molecule has 1 aliphatic heterocycles. The van der Waals surface area contributed by atoms with Gasteiger partial charge in [0.15, 0.2) is 12.4 Å². The van der Waals surface area contributed by atoms with Crippen molar-refractivity contribution in [1.82, 2.24) is 15.1 Å². The Hall–Kier alpha value is -2.05. The van der Waals surface area contributed by atoms with Crippen LogP contribution >= 0.6 is 23.2 Å². The number of benzene rings is 1. The SMILES string of the molecule is O=C(COc1ccc(Cl)cc1Cl)N1CCN(c2cccnn2)CC1. The zero-order valence-corrected chi connectivity index (χ0v) is 14.4. The lowest BCUT2D eigenvalue weighted by atomic mass is 10.3. The molecule has 0 saturated carbocycles. The first kappa shape index (κ1) is 16.8. The number of amides is 1. The molecule has 1 aliphatic rings. The van der Waals surface area contributed by atoms with Crippen LogP contribution in [0.25, 0.3) is 0 Å². The number of ether oxygens (including phenoxy) is 1. The second-order valence-corrected chi connectivity index (χ2v) is 6.16. The highest BCUT2D eigenvalue weighted by Gasteiger charge is 2.22. The third-order valence-corrected chi connectivity index (χ3v) is 4.29. The number of anilines is 1. The molecule has 3 rings (SSSR count). The van der Waals surface area contributed by atoms with Gasteiger partial charge in [-0.3, -0.25) is 4.79 Å². The van der Waals surface area contributed by atoms with E-state index in [9.17, 15) is 4.79 Å². The zero-order chi connectivity index (χ0) is 16.9. The minimum atomic E-state index is -0.0696. The predicted molar refractivity (Wildman–Crippen MR) is 92.8 cm³/mol. The van der Waals surface area contributed by atoms with Crippen LogP contribution in [0.1, 0.15) is 0 Å². The standard InChI is InChI=1S/C16H16Cl2N4O2/c17-12-3-4-14(13(18)10-12)24-11-16(23)22-8-6-21(7-9-22)15-2-1-5-19-20-15/h1-5,10H,6-9,11H2. The Morgan fingerprint density at radius 1 is 1.17 bits per heavy atom. The molecule has 6 nitrogen and oxygen atoms in total. The highest BCUT2D eigenvalue weighted by atomic mass is 35.5. The summed E-state index contributed by atoms with van der Waals surface area (Å²) in [5, 5.41) is 8.88. The summed E-state index contributed by atoms with van der Waals surface area (Å²) in [6, 6.07) is 8.68. The lowest BCUT2D eigenvalue weighted by molar-refractivity contribution is -0.133. The van der Waals surface area contributed by atoms with E-state index in [-0.39, 0.29) is 12.5 Å². The Balaban J connectivity index is 1.50. The lowest BCUT2D eigenvalue weighted by Crippen LogP contribution is -2.50. The van der Waals surface area contributed by atoms with Crippen molar-refractivity contribution in [3.63, 3.8) is 0 Å². The summed E-state index contributed by atoms with van der Waals surface area (Å²) in [5.41, 5.74) is 0. The van der Waals surface area contributed by atoms with Crippen LogP contribution in [-0.4, -0.2) is 53.8 Å². The van der Waals surface area contributed by atoms with Gasteiger partial charge in [-0.2, -0.15) is 5.10 Å². The molecular formula is C16H16Cl2N4O2. The molecule has 1 aromatic heterocycles. The van der Waals surface area contributed by atoms with Crippen LogP contribution in [0, 0.1) is 0 Å². The number of piperazine rings is 1.